The van der Waals surface area contributed by atoms with E-state index < -0.39 is 0 Å². The fourth-order valence-electron chi connectivity index (χ4n) is 0.663. The van der Waals surface area contributed by atoms with Crippen molar-refractivity contribution in [3.63, 3.8) is 0 Å². The lowest BCUT2D eigenvalue weighted by atomic mass is 10.6. The van der Waals surface area contributed by atoms with Crippen LogP contribution in [0.15, 0.2) is 5.16 Å². The molecule has 0 bridgehead atoms. The van der Waals surface area contributed by atoms with Gasteiger partial charge in [-0.2, -0.15) is 5.26 Å². The number of amides is 1. The quantitative estimate of drug-likeness (QED) is 0.505. The molecule has 7 nitrogen and oxygen atoms in total. The molecule has 0 unspecified atom stereocenters. The van der Waals surface area contributed by atoms with Crippen LogP contribution in [0.4, 0.5) is 0 Å². The summed E-state index contributed by atoms with van der Waals surface area (Å²) in [5.74, 6) is -0.00449. The molecule has 8 heteroatoms. The maximum absolute atomic E-state index is 11.0. The highest BCUT2D eigenvalue weighted by Gasteiger charge is 2.06. The minimum atomic E-state index is -0.209. The van der Waals surface area contributed by atoms with Crippen molar-refractivity contribution < 1.29 is 4.79 Å². The van der Waals surface area contributed by atoms with Crippen molar-refractivity contribution in [1.29, 1.82) is 5.26 Å². The number of carbonyl (C=O) groups is 1. The Morgan fingerprint density at radius 3 is 3.14 bits per heavy atom. The van der Waals surface area contributed by atoms with E-state index in [-0.39, 0.29) is 18.2 Å². The zero-order valence-electron chi connectivity index (χ0n) is 7.47. The standard InChI is InChI=1S/C6H8N6OS/c1-12-6(9-10-11-12)14-4-5(13)8-3-2-7/h3-4H2,1H3,(H,8,13). The number of thioether (sulfide) groups is 1. The first-order chi connectivity index (χ1) is 6.74. The second-order valence-electron chi connectivity index (χ2n) is 2.31. The van der Waals surface area contributed by atoms with Gasteiger partial charge in [-0.1, -0.05) is 11.8 Å². The lowest BCUT2D eigenvalue weighted by Crippen LogP contribution is -2.25. The number of aromatic nitrogens is 4. The van der Waals surface area contributed by atoms with Gasteiger partial charge in [-0.15, -0.1) is 5.10 Å². The molecule has 0 aliphatic rings. The van der Waals surface area contributed by atoms with E-state index in [1.54, 1.807) is 7.05 Å². The largest absolute Gasteiger partial charge is 0.342 e. The second kappa shape index (κ2) is 5.18. The van der Waals surface area contributed by atoms with E-state index in [1.807, 2.05) is 6.07 Å². The van der Waals surface area contributed by atoms with Crippen LogP contribution in [0.1, 0.15) is 0 Å². The molecule has 0 radical (unpaired) electrons. The number of hydrogen-bond donors (Lipinski definition) is 1. The number of aryl methyl sites for hydroxylation is 1. The van der Waals surface area contributed by atoms with Crippen LogP contribution in [-0.2, 0) is 11.8 Å². The number of tetrazole rings is 1. The molecule has 0 saturated heterocycles. The topological polar surface area (TPSA) is 96.5 Å². The Balaban J connectivity index is 2.31. The third kappa shape index (κ3) is 3.02. The predicted molar refractivity (Wildman–Crippen MR) is 48.1 cm³/mol. The smallest absolute Gasteiger partial charge is 0.231 e. The van der Waals surface area contributed by atoms with Gasteiger partial charge in [-0.05, 0) is 10.4 Å². The van der Waals surface area contributed by atoms with E-state index >= 15 is 0 Å². The summed E-state index contributed by atoms with van der Waals surface area (Å²) in [5, 5.41) is 21.9. The van der Waals surface area contributed by atoms with Crippen LogP contribution in [0.25, 0.3) is 0 Å². The first-order valence-corrected chi connectivity index (χ1v) is 4.71. The molecule has 0 spiro atoms. The Morgan fingerprint density at radius 2 is 2.57 bits per heavy atom. The van der Waals surface area contributed by atoms with Gasteiger partial charge in [-0.3, -0.25) is 4.79 Å². The third-order valence-electron chi connectivity index (χ3n) is 1.28. The summed E-state index contributed by atoms with van der Waals surface area (Å²) in [6, 6.07) is 1.82. The maximum Gasteiger partial charge on any atom is 0.231 e. The first kappa shape index (κ1) is 10.5. The number of nitrogens with zero attached hydrogens (tertiary/aromatic N) is 5. The molecule has 0 aromatic carbocycles. The maximum atomic E-state index is 11.0. The molecule has 0 atom stereocenters. The fraction of sp³-hybridized carbons (Fsp3) is 0.500. The molecule has 0 saturated carbocycles. The van der Waals surface area contributed by atoms with Crippen LogP contribution < -0.4 is 5.32 Å². The van der Waals surface area contributed by atoms with Crippen molar-refractivity contribution in [3.05, 3.63) is 0 Å². The third-order valence-corrected chi connectivity index (χ3v) is 2.29. The number of nitriles is 1. The van der Waals surface area contributed by atoms with E-state index in [1.165, 1.54) is 16.4 Å². The van der Waals surface area contributed by atoms with Crippen LogP contribution in [0.5, 0.6) is 0 Å². The van der Waals surface area contributed by atoms with Crippen molar-refractivity contribution in [3.8, 4) is 6.07 Å². The van der Waals surface area contributed by atoms with Gasteiger partial charge in [0.2, 0.25) is 11.1 Å². The molecule has 0 aliphatic carbocycles. The van der Waals surface area contributed by atoms with Crippen LogP contribution in [-0.4, -0.2) is 38.4 Å². The normalized spacial score (nSPS) is 9.43. The van der Waals surface area contributed by atoms with Gasteiger partial charge in [0, 0.05) is 7.05 Å². The molecule has 1 aromatic rings. The Morgan fingerprint density at radius 1 is 1.79 bits per heavy atom. The molecule has 1 amide bonds. The zero-order valence-corrected chi connectivity index (χ0v) is 8.28. The number of carbonyl (C=O) groups excluding carboxylic acids is 1. The second-order valence-corrected chi connectivity index (χ2v) is 3.25. The Labute approximate surface area is 84.5 Å². The molecule has 1 aromatic heterocycles. The molecule has 1 N–H and O–H groups in total. The van der Waals surface area contributed by atoms with Gasteiger partial charge in [0.25, 0.3) is 0 Å². The number of nitrogens with one attached hydrogen (secondary N) is 1. The van der Waals surface area contributed by atoms with Crippen molar-refractivity contribution in [2.45, 2.75) is 5.16 Å². The van der Waals surface area contributed by atoms with Crippen LogP contribution in [0.2, 0.25) is 0 Å². The van der Waals surface area contributed by atoms with Gasteiger partial charge in [-0.25, -0.2) is 4.68 Å². The first-order valence-electron chi connectivity index (χ1n) is 3.73. The van der Waals surface area contributed by atoms with Crippen molar-refractivity contribution in [2.75, 3.05) is 12.3 Å². The Kier molecular flexibility index (Phi) is 3.87. The minimum absolute atomic E-state index is 0.0243. The highest BCUT2D eigenvalue weighted by atomic mass is 32.2. The molecule has 0 fully saturated rings. The van der Waals surface area contributed by atoms with E-state index in [4.69, 9.17) is 5.26 Å². The number of hydrogen-bond acceptors (Lipinski definition) is 6. The summed E-state index contributed by atoms with van der Waals surface area (Å²) in [6.45, 7) is 0.0243. The molecule has 0 aliphatic heterocycles. The van der Waals surface area contributed by atoms with Crippen LogP contribution in [0.3, 0.4) is 0 Å². The summed E-state index contributed by atoms with van der Waals surface area (Å²) >= 11 is 1.22. The van der Waals surface area contributed by atoms with Crippen molar-refractivity contribution in [1.82, 2.24) is 25.5 Å². The van der Waals surface area contributed by atoms with Gasteiger partial charge >= 0.3 is 0 Å². The monoisotopic (exact) mass is 212 g/mol. The fourth-order valence-corrected chi connectivity index (χ4v) is 1.34. The summed E-state index contributed by atoms with van der Waals surface area (Å²) < 4.78 is 1.47. The Hall–Kier alpha value is -1.62. The summed E-state index contributed by atoms with van der Waals surface area (Å²) in [7, 11) is 1.69. The summed E-state index contributed by atoms with van der Waals surface area (Å²) in [6.07, 6.45) is 0. The highest BCUT2D eigenvalue weighted by molar-refractivity contribution is 7.99. The molecular weight excluding hydrogens is 204 g/mol. The van der Waals surface area contributed by atoms with E-state index in [0.717, 1.165) is 0 Å². The van der Waals surface area contributed by atoms with Gasteiger partial charge < -0.3 is 5.32 Å². The molecule has 1 rings (SSSR count). The number of rotatable bonds is 4. The van der Waals surface area contributed by atoms with Gasteiger partial charge in [0.1, 0.15) is 6.54 Å². The van der Waals surface area contributed by atoms with Crippen molar-refractivity contribution >= 4 is 17.7 Å². The molecule has 14 heavy (non-hydrogen) atoms. The van der Waals surface area contributed by atoms with E-state index in [0.29, 0.717) is 5.16 Å². The summed E-state index contributed by atoms with van der Waals surface area (Å²) in [5.41, 5.74) is 0. The minimum Gasteiger partial charge on any atom is -0.342 e. The Bertz CT molecular complexity index is 355. The average Bonchev–Trinajstić information content (AvgIpc) is 2.58. The molecule has 74 valence electrons. The SMILES string of the molecule is Cn1nnnc1SCC(=O)NCC#N. The average molecular weight is 212 g/mol. The molecular formula is C6H8N6OS. The van der Waals surface area contributed by atoms with Gasteiger partial charge in [0.15, 0.2) is 0 Å². The lowest BCUT2D eigenvalue weighted by Gasteiger charge is -1.98. The van der Waals surface area contributed by atoms with Crippen LogP contribution in [0, 0.1) is 11.3 Å². The van der Waals surface area contributed by atoms with Crippen LogP contribution >= 0.6 is 11.8 Å². The lowest BCUT2D eigenvalue weighted by molar-refractivity contribution is -0.118. The van der Waals surface area contributed by atoms with Gasteiger partial charge in [0.05, 0.1) is 11.8 Å². The van der Waals surface area contributed by atoms with E-state index in [9.17, 15) is 4.79 Å². The zero-order chi connectivity index (χ0) is 10.4. The highest BCUT2D eigenvalue weighted by Crippen LogP contribution is 2.10. The van der Waals surface area contributed by atoms with Crippen molar-refractivity contribution in [2.24, 2.45) is 7.05 Å². The predicted octanol–water partition coefficient (Wildman–Crippen LogP) is -1.06. The summed E-state index contributed by atoms with van der Waals surface area (Å²) in [4.78, 5) is 11.0. The van der Waals surface area contributed by atoms with E-state index in [2.05, 4.69) is 20.8 Å². The molecule has 1 heterocycles.